The second kappa shape index (κ2) is 6.57. The lowest BCUT2D eigenvalue weighted by atomic mass is 9.86. The highest BCUT2D eigenvalue weighted by molar-refractivity contribution is 5.85. The number of aromatic amines is 1. The number of rotatable bonds is 2. The van der Waals surface area contributed by atoms with Gasteiger partial charge in [0, 0.05) is 29.2 Å². The summed E-state index contributed by atoms with van der Waals surface area (Å²) in [4.78, 5) is 17.3. The Bertz CT molecular complexity index is 1160. The molecule has 2 amide bonds. The van der Waals surface area contributed by atoms with Gasteiger partial charge in [-0.15, -0.1) is 0 Å². The van der Waals surface area contributed by atoms with Gasteiger partial charge in [0.15, 0.2) is 0 Å². The number of nitrogens with one attached hydrogen (secondary N) is 1. The standard InChI is InChI=1S/C24H21N3O/c25-24(28)27-13-12-18-14-17(16-6-2-1-3-7-16)10-11-19(18)23(27)21-15-26-22-9-5-4-8-20(21)22/h1-11,14-15,23,26H,12-13H2,(H2,25,28). The Labute approximate surface area is 163 Å². The van der Waals surface area contributed by atoms with Gasteiger partial charge in [0.1, 0.15) is 0 Å². The van der Waals surface area contributed by atoms with Crippen LogP contribution in [0, 0.1) is 0 Å². The quantitative estimate of drug-likeness (QED) is 0.522. The SMILES string of the molecule is NC(=O)N1CCc2cc(-c3ccccc3)ccc2C1c1c[nH]c2ccccc12. The minimum atomic E-state index is -0.381. The number of para-hydroxylation sites is 1. The molecule has 1 aliphatic rings. The topological polar surface area (TPSA) is 62.1 Å². The number of benzene rings is 3. The van der Waals surface area contributed by atoms with E-state index >= 15 is 0 Å². The van der Waals surface area contributed by atoms with E-state index in [0.29, 0.717) is 6.54 Å². The zero-order valence-electron chi connectivity index (χ0n) is 15.4. The number of aromatic nitrogens is 1. The van der Waals surface area contributed by atoms with E-state index in [9.17, 15) is 4.79 Å². The van der Waals surface area contributed by atoms with Crippen molar-refractivity contribution in [3.63, 3.8) is 0 Å². The summed E-state index contributed by atoms with van der Waals surface area (Å²) < 4.78 is 0. The van der Waals surface area contributed by atoms with Crippen LogP contribution in [0.15, 0.2) is 79.0 Å². The lowest BCUT2D eigenvalue weighted by Gasteiger charge is -2.36. The Morgan fingerprint density at radius 2 is 1.71 bits per heavy atom. The maximum atomic E-state index is 12.2. The van der Waals surface area contributed by atoms with Crippen molar-refractivity contribution in [2.75, 3.05) is 6.54 Å². The summed E-state index contributed by atoms with van der Waals surface area (Å²) in [5, 5.41) is 1.12. The van der Waals surface area contributed by atoms with Gasteiger partial charge in [0.05, 0.1) is 6.04 Å². The fourth-order valence-electron chi connectivity index (χ4n) is 4.33. The van der Waals surface area contributed by atoms with Gasteiger partial charge in [0.25, 0.3) is 0 Å². The van der Waals surface area contributed by atoms with E-state index in [4.69, 9.17) is 5.73 Å². The van der Waals surface area contributed by atoms with E-state index in [1.807, 2.05) is 24.4 Å². The van der Waals surface area contributed by atoms with Gasteiger partial charge in [-0.1, -0.05) is 66.7 Å². The van der Waals surface area contributed by atoms with Crippen LogP contribution in [0.1, 0.15) is 22.7 Å². The fourth-order valence-corrected chi connectivity index (χ4v) is 4.33. The minimum Gasteiger partial charge on any atom is -0.361 e. The Balaban J connectivity index is 1.66. The number of primary amides is 1. The predicted octanol–water partition coefficient (Wildman–Crippen LogP) is 4.86. The van der Waals surface area contributed by atoms with Gasteiger partial charge in [-0.2, -0.15) is 0 Å². The van der Waals surface area contributed by atoms with Crippen LogP contribution in [0.2, 0.25) is 0 Å². The summed E-state index contributed by atoms with van der Waals surface area (Å²) in [6.07, 6.45) is 2.81. The zero-order chi connectivity index (χ0) is 19.1. The summed E-state index contributed by atoms with van der Waals surface area (Å²) in [7, 11) is 0. The van der Waals surface area contributed by atoms with Gasteiger partial charge in [-0.3, -0.25) is 0 Å². The molecule has 4 nitrogen and oxygen atoms in total. The Morgan fingerprint density at radius 3 is 2.54 bits per heavy atom. The average molecular weight is 367 g/mol. The Hall–Kier alpha value is -3.53. The van der Waals surface area contributed by atoms with E-state index in [-0.39, 0.29) is 12.1 Å². The highest BCUT2D eigenvalue weighted by atomic mass is 16.2. The first-order valence-electron chi connectivity index (χ1n) is 9.53. The molecule has 4 heteroatoms. The van der Waals surface area contributed by atoms with E-state index in [0.717, 1.165) is 28.5 Å². The van der Waals surface area contributed by atoms with Crippen LogP contribution in [0.4, 0.5) is 4.79 Å². The third-order valence-corrected chi connectivity index (χ3v) is 5.68. The number of nitrogens with two attached hydrogens (primary N) is 1. The van der Waals surface area contributed by atoms with Crippen molar-refractivity contribution in [3.05, 3.63) is 95.7 Å². The molecule has 0 bridgehead atoms. The minimum absolute atomic E-state index is 0.178. The molecule has 1 aromatic heterocycles. The molecule has 1 aliphatic heterocycles. The Kier molecular flexibility index (Phi) is 3.90. The third kappa shape index (κ3) is 2.65. The first-order chi connectivity index (χ1) is 13.7. The molecule has 0 saturated heterocycles. The van der Waals surface area contributed by atoms with Gasteiger partial charge in [-0.25, -0.2) is 4.79 Å². The monoisotopic (exact) mass is 367 g/mol. The van der Waals surface area contributed by atoms with Crippen LogP contribution in [0.3, 0.4) is 0 Å². The number of nitrogens with zero attached hydrogens (tertiary/aromatic N) is 1. The predicted molar refractivity (Wildman–Crippen MR) is 112 cm³/mol. The number of hydrogen-bond acceptors (Lipinski definition) is 1. The van der Waals surface area contributed by atoms with Gasteiger partial charge in [-0.05, 0) is 34.7 Å². The van der Waals surface area contributed by atoms with Crippen LogP contribution in [-0.2, 0) is 6.42 Å². The molecule has 0 spiro atoms. The van der Waals surface area contributed by atoms with Crippen molar-refractivity contribution in [1.82, 2.24) is 9.88 Å². The molecule has 2 heterocycles. The molecule has 0 radical (unpaired) electrons. The second-order valence-electron chi connectivity index (χ2n) is 7.25. The van der Waals surface area contributed by atoms with E-state index in [1.165, 1.54) is 16.7 Å². The number of carbonyl (C=O) groups is 1. The van der Waals surface area contributed by atoms with Crippen LogP contribution < -0.4 is 5.73 Å². The van der Waals surface area contributed by atoms with Crippen molar-refractivity contribution in [2.24, 2.45) is 5.73 Å². The molecule has 1 atom stereocenters. The van der Waals surface area contributed by atoms with Gasteiger partial charge in [0.2, 0.25) is 0 Å². The van der Waals surface area contributed by atoms with Gasteiger partial charge >= 0.3 is 6.03 Å². The number of carbonyl (C=O) groups excluding carboxylic acids is 1. The molecule has 4 aromatic rings. The third-order valence-electron chi connectivity index (χ3n) is 5.68. The summed E-state index contributed by atoms with van der Waals surface area (Å²) in [5.41, 5.74) is 12.7. The maximum absolute atomic E-state index is 12.2. The largest absolute Gasteiger partial charge is 0.361 e. The van der Waals surface area contributed by atoms with E-state index in [1.54, 1.807) is 4.90 Å². The number of fused-ring (bicyclic) bond motifs is 2. The normalized spacial score (nSPS) is 16.1. The number of amides is 2. The summed E-state index contributed by atoms with van der Waals surface area (Å²) in [6, 6.07) is 24.5. The van der Waals surface area contributed by atoms with Crippen LogP contribution in [0.25, 0.3) is 22.0 Å². The van der Waals surface area contributed by atoms with Crippen molar-refractivity contribution in [3.8, 4) is 11.1 Å². The lowest BCUT2D eigenvalue weighted by Crippen LogP contribution is -2.43. The van der Waals surface area contributed by atoms with Crippen molar-refractivity contribution in [1.29, 1.82) is 0 Å². The van der Waals surface area contributed by atoms with Crippen molar-refractivity contribution in [2.45, 2.75) is 12.5 Å². The highest BCUT2D eigenvalue weighted by Crippen LogP contribution is 2.39. The molecular formula is C24H21N3O. The summed E-state index contributed by atoms with van der Waals surface area (Å²) in [5.74, 6) is 0. The number of H-pyrrole nitrogens is 1. The van der Waals surface area contributed by atoms with E-state index in [2.05, 4.69) is 59.6 Å². The molecule has 0 fully saturated rings. The zero-order valence-corrected chi connectivity index (χ0v) is 15.4. The van der Waals surface area contributed by atoms with Crippen molar-refractivity contribution >= 4 is 16.9 Å². The van der Waals surface area contributed by atoms with Crippen LogP contribution in [0.5, 0.6) is 0 Å². The molecule has 1 unspecified atom stereocenters. The van der Waals surface area contributed by atoms with Crippen LogP contribution in [-0.4, -0.2) is 22.5 Å². The first kappa shape index (κ1) is 16.6. The molecule has 138 valence electrons. The number of hydrogen-bond donors (Lipinski definition) is 2. The molecule has 5 rings (SSSR count). The number of urea groups is 1. The summed E-state index contributed by atoms with van der Waals surface area (Å²) in [6.45, 7) is 0.616. The van der Waals surface area contributed by atoms with Crippen molar-refractivity contribution < 1.29 is 4.79 Å². The molecule has 3 N–H and O–H groups in total. The molecule has 28 heavy (non-hydrogen) atoms. The molecule has 0 aliphatic carbocycles. The molecular weight excluding hydrogens is 346 g/mol. The van der Waals surface area contributed by atoms with Crippen LogP contribution >= 0.6 is 0 Å². The van der Waals surface area contributed by atoms with E-state index < -0.39 is 0 Å². The lowest BCUT2D eigenvalue weighted by molar-refractivity contribution is 0.190. The fraction of sp³-hybridized carbons (Fsp3) is 0.125. The second-order valence-corrected chi connectivity index (χ2v) is 7.25. The summed E-state index contributed by atoms with van der Waals surface area (Å²) >= 11 is 0. The highest BCUT2D eigenvalue weighted by Gasteiger charge is 2.32. The van der Waals surface area contributed by atoms with Gasteiger partial charge < -0.3 is 15.6 Å². The molecule has 0 saturated carbocycles. The average Bonchev–Trinajstić information content (AvgIpc) is 3.17. The molecule has 3 aromatic carbocycles. The maximum Gasteiger partial charge on any atom is 0.315 e. The Morgan fingerprint density at radius 1 is 0.929 bits per heavy atom. The smallest absolute Gasteiger partial charge is 0.315 e. The first-order valence-corrected chi connectivity index (χ1v) is 9.53.